The van der Waals surface area contributed by atoms with Gasteiger partial charge >= 0.3 is 12.1 Å². The van der Waals surface area contributed by atoms with Crippen molar-refractivity contribution in [3.8, 4) is 5.88 Å². The van der Waals surface area contributed by atoms with E-state index in [1.807, 2.05) is 0 Å². The van der Waals surface area contributed by atoms with E-state index in [0.29, 0.717) is 13.0 Å². The number of nitrogens with zero attached hydrogens (tertiary/aromatic N) is 2. The third-order valence-electron chi connectivity index (χ3n) is 4.79. The number of fused-ring (bicyclic) bond motifs is 1. The highest BCUT2D eigenvalue weighted by atomic mass is 19.4. The van der Waals surface area contributed by atoms with Crippen LogP contribution in [-0.2, 0) is 9.53 Å². The van der Waals surface area contributed by atoms with Crippen molar-refractivity contribution < 1.29 is 37.3 Å². The van der Waals surface area contributed by atoms with Crippen molar-refractivity contribution in [2.45, 2.75) is 12.6 Å². The summed E-state index contributed by atoms with van der Waals surface area (Å²) < 4.78 is 46.2. The van der Waals surface area contributed by atoms with Crippen LogP contribution in [0.4, 0.5) is 13.2 Å². The SMILES string of the molecule is O=C(c1ccc(OCC(F)(F)F)nc1)N1C[C@H]2COCC[C@@]2(C(=O)O)C1. The quantitative estimate of drug-likeness (QED) is 0.861. The molecule has 3 heterocycles. The third kappa shape index (κ3) is 3.59. The van der Waals surface area contributed by atoms with E-state index >= 15 is 0 Å². The molecule has 1 aromatic rings. The number of rotatable bonds is 4. The zero-order valence-electron chi connectivity index (χ0n) is 13.7. The van der Waals surface area contributed by atoms with Crippen molar-refractivity contribution >= 4 is 11.9 Å². The first-order valence-corrected chi connectivity index (χ1v) is 7.97. The van der Waals surface area contributed by atoms with Crippen LogP contribution in [0.2, 0.25) is 0 Å². The minimum atomic E-state index is -4.48. The molecule has 10 heteroatoms. The second-order valence-corrected chi connectivity index (χ2v) is 6.46. The molecule has 1 amide bonds. The summed E-state index contributed by atoms with van der Waals surface area (Å²) in [5.74, 6) is -1.91. The van der Waals surface area contributed by atoms with Gasteiger partial charge in [0.05, 0.1) is 17.6 Å². The van der Waals surface area contributed by atoms with E-state index in [1.54, 1.807) is 0 Å². The molecule has 0 spiro atoms. The Hall–Kier alpha value is -2.36. The number of hydrogen-bond donors (Lipinski definition) is 1. The van der Waals surface area contributed by atoms with Crippen molar-refractivity contribution in [3.05, 3.63) is 23.9 Å². The number of aromatic nitrogens is 1. The summed E-state index contributed by atoms with van der Waals surface area (Å²) in [4.78, 5) is 29.5. The van der Waals surface area contributed by atoms with E-state index < -0.39 is 30.1 Å². The number of amides is 1. The molecule has 2 atom stereocenters. The molecule has 0 saturated carbocycles. The largest absolute Gasteiger partial charge is 0.481 e. The lowest BCUT2D eigenvalue weighted by Gasteiger charge is -2.33. The first-order chi connectivity index (χ1) is 12.2. The third-order valence-corrected chi connectivity index (χ3v) is 4.79. The predicted molar refractivity (Wildman–Crippen MR) is 80.7 cm³/mol. The minimum Gasteiger partial charge on any atom is -0.481 e. The normalized spacial score (nSPS) is 25.7. The van der Waals surface area contributed by atoms with Crippen LogP contribution in [0.5, 0.6) is 5.88 Å². The molecule has 26 heavy (non-hydrogen) atoms. The molecular formula is C16H17F3N2O5. The van der Waals surface area contributed by atoms with Crippen molar-refractivity contribution in [2.75, 3.05) is 32.9 Å². The second-order valence-electron chi connectivity index (χ2n) is 6.46. The average Bonchev–Trinajstić information content (AvgIpc) is 3.00. The van der Waals surface area contributed by atoms with E-state index in [-0.39, 0.29) is 37.1 Å². The average molecular weight is 374 g/mol. The fraction of sp³-hybridized carbons (Fsp3) is 0.562. The number of likely N-dealkylation sites (tertiary alicyclic amines) is 1. The molecule has 2 aliphatic rings. The molecule has 7 nitrogen and oxygen atoms in total. The first kappa shape index (κ1) is 18.4. The number of carboxylic acids is 1. The van der Waals surface area contributed by atoms with Gasteiger partial charge in [-0.25, -0.2) is 4.98 Å². The first-order valence-electron chi connectivity index (χ1n) is 7.97. The Bertz CT molecular complexity index is 694. The van der Waals surface area contributed by atoms with Crippen LogP contribution >= 0.6 is 0 Å². The predicted octanol–water partition coefficient (Wildman–Crippen LogP) is 1.59. The van der Waals surface area contributed by atoms with Gasteiger partial charge in [-0.05, 0) is 12.5 Å². The maximum absolute atomic E-state index is 12.6. The molecule has 0 aliphatic carbocycles. The lowest BCUT2D eigenvalue weighted by molar-refractivity contribution is -0.157. The van der Waals surface area contributed by atoms with Crippen LogP contribution in [-0.4, -0.2) is 66.0 Å². The number of hydrogen-bond acceptors (Lipinski definition) is 5. The zero-order valence-corrected chi connectivity index (χ0v) is 13.7. The molecule has 1 N–H and O–H groups in total. The molecule has 0 unspecified atom stereocenters. The van der Waals surface area contributed by atoms with Crippen LogP contribution in [0.15, 0.2) is 18.3 Å². The van der Waals surface area contributed by atoms with Gasteiger partial charge < -0.3 is 19.5 Å². The smallest absolute Gasteiger partial charge is 0.422 e. The number of ether oxygens (including phenoxy) is 2. The van der Waals surface area contributed by atoms with E-state index in [2.05, 4.69) is 9.72 Å². The lowest BCUT2D eigenvalue weighted by atomic mass is 9.74. The van der Waals surface area contributed by atoms with Gasteiger partial charge in [0.2, 0.25) is 5.88 Å². The van der Waals surface area contributed by atoms with Gasteiger partial charge in [-0.3, -0.25) is 9.59 Å². The molecule has 3 rings (SSSR count). The number of aliphatic carboxylic acids is 1. The Kier molecular flexibility index (Phi) is 4.78. The fourth-order valence-electron chi connectivity index (χ4n) is 3.38. The highest BCUT2D eigenvalue weighted by Gasteiger charge is 2.54. The Labute approximate surface area is 146 Å². The maximum Gasteiger partial charge on any atom is 0.422 e. The van der Waals surface area contributed by atoms with E-state index in [9.17, 15) is 27.9 Å². The molecule has 1 aromatic heterocycles. The summed E-state index contributed by atoms with van der Waals surface area (Å²) in [7, 11) is 0. The number of pyridine rings is 1. The monoisotopic (exact) mass is 374 g/mol. The second kappa shape index (κ2) is 6.75. The van der Waals surface area contributed by atoms with Gasteiger partial charge in [-0.15, -0.1) is 0 Å². The topological polar surface area (TPSA) is 89.0 Å². The number of halogens is 3. The molecule has 0 bridgehead atoms. The fourth-order valence-corrected chi connectivity index (χ4v) is 3.38. The lowest BCUT2D eigenvalue weighted by Crippen LogP contribution is -2.45. The van der Waals surface area contributed by atoms with Crippen molar-refractivity contribution in [2.24, 2.45) is 11.3 Å². The summed E-state index contributed by atoms with van der Waals surface area (Å²) in [6.07, 6.45) is -3.02. The Morgan fingerprint density at radius 1 is 1.42 bits per heavy atom. The Morgan fingerprint density at radius 3 is 2.77 bits per heavy atom. The summed E-state index contributed by atoms with van der Waals surface area (Å²) in [5, 5.41) is 9.62. The Morgan fingerprint density at radius 2 is 2.19 bits per heavy atom. The van der Waals surface area contributed by atoms with Gasteiger partial charge in [0.1, 0.15) is 0 Å². The highest BCUT2D eigenvalue weighted by molar-refractivity contribution is 5.95. The summed E-state index contributed by atoms with van der Waals surface area (Å²) in [6, 6.07) is 2.49. The molecule has 0 radical (unpaired) electrons. The molecule has 2 saturated heterocycles. The highest BCUT2D eigenvalue weighted by Crippen LogP contribution is 2.42. The van der Waals surface area contributed by atoms with Crippen molar-refractivity contribution in [1.82, 2.24) is 9.88 Å². The standard InChI is InChI=1S/C16H17F3N2O5/c17-16(18,19)9-26-12-2-1-10(5-20-12)13(22)21-6-11-7-25-4-3-15(11,8-21)14(23)24/h1-2,5,11H,3-4,6-9H2,(H,23,24)/t11-,15+/m0/s1. The number of alkyl halides is 3. The summed E-state index contributed by atoms with van der Waals surface area (Å²) in [6.45, 7) is -0.544. The van der Waals surface area contributed by atoms with Gasteiger partial charge in [0.25, 0.3) is 5.91 Å². The van der Waals surface area contributed by atoms with Gasteiger partial charge in [0, 0.05) is 37.9 Å². The number of carbonyl (C=O) groups is 2. The molecule has 0 aromatic carbocycles. The van der Waals surface area contributed by atoms with E-state index in [4.69, 9.17) is 4.74 Å². The van der Waals surface area contributed by atoms with Crippen LogP contribution in [0, 0.1) is 11.3 Å². The summed E-state index contributed by atoms with van der Waals surface area (Å²) >= 11 is 0. The van der Waals surface area contributed by atoms with E-state index in [1.165, 1.54) is 17.0 Å². The Balaban J connectivity index is 1.69. The molecule has 2 aliphatic heterocycles. The van der Waals surface area contributed by atoms with Crippen molar-refractivity contribution in [1.29, 1.82) is 0 Å². The zero-order chi connectivity index (χ0) is 18.9. The van der Waals surface area contributed by atoms with Crippen LogP contribution < -0.4 is 4.74 Å². The van der Waals surface area contributed by atoms with Gasteiger partial charge in [0.15, 0.2) is 6.61 Å². The summed E-state index contributed by atoms with van der Waals surface area (Å²) in [5.41, 5.74) is -0.860. The van der Waals surface area contributed by atoms with Crippen molar-refractivity contribution in [3.63, 3.8) is 0 Å². The number of carbonyl (C=O) groups excluding carboxylic acids is 1. The molecule has 2 fully saturated rings. The maximum atomic E-state index is 12.6. The number of carboxylic acid groups (broad SMARTS) is 1. The van der Waals surface area contributed by atoms with Crippen LogP contribution in [0.1, 0.15) is 16.8 Å². The van der Waals surface area contributed by atoms with Crippen LogP contribution in [0.3, 0.4) is 0 Å². The molecular weight excluding hydrogens is 357 g/mol. The van der Waals surface area contributed by atoms with E-state index in [0.717, 1.165) is 6.20 Å². The van der Waals surface area contributed by atoms with Gasteiger partial charge in [-0.2, -0.15) is 13.2 Å². The van der Waals surface area contributed by atoms with Crippen LogP contribution in [0.25, 0.3) is 0 Å². The molecule has 142 valence electrons. The van der Waals surface area contributed by atoms with Gasteiger partial charge in [-0.1, -0.05) is 0 Å². The minimum absolute atomic E-state index is 0.0710.